The number of nitrogens with zero attached hydrogens (tertiary/aromatic N) is 3. The smallest absolute Gasteiger partial charge is 0.131 e. The lowest BCUT2D eigenvalue weighted by Crippen LogP contribution is -2.35. The third-order valence-electron chi connectivity index (χ3n) is 5.23. The highest BCUT2D eigenvalue weighted by Gasteiger charge is 2.35. The minimum Gasteiger partial charge on any atom is -0.253 e. The van der Waals surface area contributed by atoms with Crippen LogP contribution in [0.3, 0.4) is 0 Å². The van der Waals surface area contributed by atoms with Gasteiger partial charge in [0, 0.05) is 11.9 Å². The number of aryl methyl sites for hydroxylation is 2. The second-order valence-corrected chi connectivity index (χ2v) is 7.27. The van der Waals surface area contributed by atoms with Gasteiger partial charge in [-0.3, -0.25) is 9.67 Å². The van der Waals surface area contributed by atoms with Crippen LogP contribution in [0.1, 0.15) is 29.3 Å². The first-order valence-electron chi connectivity index (χ1n) is 9.91. The lowest BCUT2D eigenvalue weighted by Gasteiger charge is -2.33. The first-order valence-corrected chi connectivity index (χ1v) is 9.91. The van der Waals surface area contributed by atoms with Crippen molar-refractivity contribution in [3.63, 3.8) is 0 Å². The molecule has 0 atom stereocenters. The topological polar surface area (TPSA) is 30.7 Å². The van der Waals surface area contributed by atoms with Crippen LogP contribution in [-0.2, 0) is 5.54 Å². The molecule has 0 aliphatic heterocycles. The molecule has 3 heteroatoms. The first kappa shape index (κ1) is 18.9. The summed E-state index contributed by atoms with van der Waals surface area (Å²) in [6.45, 7) is 6.16. The van der Waals surface area contributed by atoms with Crippen molar-refractivity contribution in [3.05, 3.63) is 120 Å². The maximum Gasteiger partial charge on any atom is 0.131 e. The van der Waals surface area contributed by atoms with Gasteiger partial charge in [0.25, 0.3) is 0 Å². The van der Waals surface area contributed by atoms with Gasteiger partial charge in [-0.1, -0.05) is 78.9 Å². The van der Waals surface area contributed by atoms with Crippen LogP contribution < -0.4 is 0 Å². The number of rotatable bonds is 5. The molecular formula is C26H25N3. The molecule has 0 fully saturated rings. The molecule has 0 radical (unpaired) electrons. The van der Waals surface area contributed by atoms with Gasteiger partial charge in [0.05, 0.1) is 5.69 Å². The fraction of sp³-hybridized carbons (Fsp3) is 0.154. The normalized spacial score (nSPS) is 11.8. The average Bonchev–Trinajstić information content (AvgIpc) is 3.15. The van der Waals surface area contributed by atoms with E-state index >= 15 is 0 Å². The van der Waals surface area contributed by atoms with Crippen LogP contribution in [0.5, 0.6) is 0 Å². The van der Waals surface area contributed by atoms with Crippen LogP contribution >= 0.6 is 0 Å². The molecule has 0 N–H and O–H groups in total. The Balaban J connectivity index is 1.99. The third-order valence-corrected chi connectivity index (χ3v) is 5.23. The Morgan fingerprint density at radius 1 is 0.793 bits per heavy atom. The summed E-state index contributed by atoms with van der Waals surface area (Å²) in [5.41, 5.74) is 5.69. The van der Waals surface area contributed by atoms with Gasteiger partial charge < -0.3 is 0 Å². The van der Waals surface area contributed by atoms with Crippen molar-refractivity contribution in [2.45, 2.75) is 26.3 Å². The molecule has 0 unspecified atom stereocenters. The van der Waals surface area contributed by atoms with Gasteiger partial charge in [-0.15, -0.1) is 0 Å². The van der Waals surface area contributed by atoms with Crippen LogP contribution in [0.4, 0.5) is 0 Å². The number of pyridine rings is 1. The molecule has 0 aliphatic rings. The predicted octanol–water partition coefficient (Wildman–Crippen LogP) is 5.93. The van der Waals surface area contributed by atoms with Crippen molar-refractivity contribution in [1.82, 2.24) is 14.8 Å². The fourth-order valence-corrected chi connectivity index (χ4v) is 3.89. The summed E-state index contributed by atoms with van der Waals surface area (Å²) in [5, 5.41) is 5.07. The SMILES string of the molecule is C/C=C/C(c1ccccc1)(c1ccccc1)n1cc(C)c(-c2cccc(C)n2)n1. The maximum atomic E-state index is 5.07. The summed E-state index contributed by atoms with van der Waals surface area (Å²) >= 11 is 0. The van der Waals surface area contributed by atoms with Gasteiger partial charge in [-0.05, 0) is 49.6 Å². The molecule has 2 aromatic heterocycles. The van der Waals surface area contributed by atoms with E-state index in [0.717, 1.165) is 33.8 Å². The largest absolute Gasteiger partial charge is 0.253 e. The van der Waals surface area contributed by atoms with Gasteiger partial charge >= 0.3 is 0 Å². The van der Waals surface area contributed by atoms with Crippen LogP contribution in [0.25, 0.3) is 11.4 Å². The van der Waals surface area contributed by atoms with E-state index in [4.69, 9.17) is 10.1 Å². The molecule has 4 rings (SSSR count). The van der Waals surface area contributed by atoms with E-state index in [1.807, 2.05) is 37.3 Å². The summed E-state index contributed by atoms with van der Waals surface area (Å²) < 4.78 is 2.08. The van der Waals surface area contributed by atoms with Crippen LogP contribution in [-0.4, -0.2) is 14.8 Å². The summed E-state index contributed by atoms with van der Waals surface area (Å²) in [6, 6.07) is 27.1. The molecule has 2 heterocycles. The third kappa shape index (κ3) is 3.40. The fourth-order valence-electron chi connectivity index (χ4n) is 3.89. The Morgan fingerprint density at radius 3 is 1.97 bits per heavy atom. The Hall–Kier alpha value is -3.46. The number of hydrogen-bond acceptors (Lipinski definition) is 2. The second-order valence-electron chi connectivity index (χ2n) is 7.27. The predicted molar refractivity (Wildman–Crippen MR) is 119 cm³/mol. The lowest BCUT2D eigenvalue weighted by molar-refractivity contribution is 0.477. The van der Waals surface area contributed by atoms with E-state index in [2.05, 4.69) is 85.4 Å². The maximum absolute atomic E-state index is 5.07. The number of hydrogen-bond donors (Lipinski definition) is 0. The molecule has 2 aromatic carbocycles. The minimum absolute atomic E-state index is 0.538. The number of allylic oxidation sites excluding steroid dienone is 2. The van der Waals surface area contributed by atoms with E-state index in [1.165, 1.54) is 0 Å². The van der Waals surface area contributed by atoms with Crippen LogP contribution in [0.2, 0.25) is 0 Å². The molecule has 0 saturated heterocycles. The Morgan fingerprint density at radius 2 is 1.41 bits per heavy atom. The summed E-state index contributed by atoms with van der Waals surface area (Å²) in [6.07, 6.45) is 6.44. The van der Waals surface area contributed by atoms with Crippen LogP contribution in [0, 0.1) is 13.8 Å². The van der Waals surface area contributed by atoms with E-state index < -0.39 is 5.54 Å². The highest BCUT2D eigenvalue weighted by molar-refractivity contribution is 5.59. The van der Waals surface area contributed by atoms with Crippen molar-refractivity contribution >= 4 is 0 Å². The van der Waals surface area contributed by atoms with Crippen molar-refractivity contribution < 1.29 is 0 Å². The standard InChI is InChI=1S/C26H25N3/c1-4-18-26(22-13-7-5-8-14-22,23-15-9-6-10-16-23)29-19-20(2)25(28-29)24-17-11-12-21(3)27-24/h4-19H,1-3H3/b18-4+. The summed E-state index contributed by atoms with van der Waals surface area (Å²) in [7, 11) is 0. The molecular weight excluding hydrogens is 354 g/mol. The molecule has 0 aliphatic carbocycles. The molecule has 3 nitrogen and oxygen atoms in total. The molecule has 0 saturated carbocycles. The van der Waals surface area contributed by atoms with Gasteiger partial charge in [-0.2, -0.15) is 5.10 Å². The monoisotopic (exact) mass is 379 g/mol. The van der Waals surface area contributed by atoms with Crippen LogP contribution in [0.15, 0.2) is 97.2 Å². The van der Waals surface area contributed by atoms with Crippen molar-refractivity contribution in [3.8, 4) is 11.4 Å². The quantitative estimate of drug-likeness (QED) is 0.402. The zero-order valence-corrected chi connectivity index (χ0v) is 17.1. The van der Waals surface area contributed by atoms with Gasteiger partial charge in [-0.25, -0.2) is 0 Å². The summed E-state index contributed by atoms with van der Waals surface area (Å²) in [4.78, 5) is 4.70. The Bertz CT molecular complexity index is 1090. The van der Waals surface area contributed by atoms with Crippen molar-refractivity contribution in [1.29, 1.82) is 0 Å². The zero-order chi connectivity index (χ0) is 20.3. The van der Waals surface area contributed by atoms with Crippen molar-refractivity contribution in [2.24, 2.45) is 0 Å². The van der Waals surface area contributed by atoms with E-state index in [0.29, 0.717) is 0 Å². The minimum atomic E-state index is -0.538. The Kier molecular flexibility index (Phi) is 5.13. The second kappa shape index (κ2) is 7.88. The molecule has 0 bridgehead atoms. The average molecular weight is 380 g/mol. The van der Waals surface area contributed by atoms with E-state index in [9.17, 15) is 0 Å². The Labute approximate surface area is 172 Å². The van der Waals surface area contributed by atoms with Gasteiger partial charge in [0.2, 0.25) is 0 Å². The highest BCUT2D eigenvalue weighted by atomic mass is 15.3. The highest BCUT2D eigenvalue weighted by Crippen LogP contribution is 2.37. The van der Waals surface area contributed by atoms with Gasteiger partial charge in [0.15, 0.2) is 0 Å². The van der Waals surface area contributed by atoms with Crippen molar-refractivity contribution in [2.75, 3.05) is 0 Å². The van der Waals surface area contributed by atoms with E-state index in [1.54, 1.807) is 0 Å². The summed E-state index contributed by atoms with van der Waals surface area (Å²) in [5.74, 6) is 0. The molecule has 4 aromatic rings. The molecule has 29 heavy (non-hydrogen) atoms. The lowest BCUT2D eigenvalue weighted by atomic mass is 9.82. The molecule has 0 spiro atoms. The van der Waals surface area contributed by atoms with E-state index in [-0.39, 0.29) is 0 Å². The number of aromatic nitrogens is 3. The van der Waals surface area contributed by atoms with Gasteiger partial charge in [0.1, 0.15) is 11.2 Å². The molecule has 144 valence electrons. The number of benzene rings is 2. The molecule has 0 amide bonds. The first-order chi connectivity index (χ1) is 14.1. The zero-order valence-electron chi connectivity index (χ0n) is 17.1.